The highest BCUT2D eigenvalue weighted by Gasteiger charge is 2.33. The van der Waals surface area contributed by atoms with Gasteiger partial charge in [0, 0.05) is 24.8 Å². The lowest BCUT2D eigenvalue weighted by molar-refractivity contribution is -0.000416. The van der Waals surface area contributed by atoms with Crippen LogP contribution in [0.3, 0.4) is 0 Å². The zero-order valence-corrected chi connectivity index (χ0v) is 18.6. The van der Waals surface area contributed by atoms with Gasteiger partial charge < -0.3 is 0 Å². The van der Waals surface area contributed by atoms with E-state index in [0.717, 1.165) is 40.6 Å². The molecule has 0 radical (unpaired) electrons. The second-order valence-corrected chi connectivity index (χ2v) is 10.4. The van der Waals surface area contributed by atoms with Gasteiger partial charge in [0.25, 0.3) is 5.91 Å². The molecule has 2 aromatic rings. The maximum Gasteiger partial charge on any atom is 0.269 e. The smallest absolute Gasteiger partial charge is 0.269 e. The Balaban J connectivity index is 1.59. The number of amides is 1. The number of aryl methyl sites for hydroxylation is 1. The minimum Gasteiger partial charge on any atom is -0.284 e. The molecule has 1 heterocycles. The van der Waals surface area contributed by atoms with Crippen LogP contribution in [0, 0.1) is 12.8 Å². The highest BCUT2D eigenvalue weighted by Crippen LogP contribution is 2.34. The molecule has 1 saturated carbocycles. The maximum absolute atomic E-state index is 13.1. The normalized spacial score (nSPS) is 17.1. The molecule has 1 fully saturated rings. The maximum atomic E-state index is 13.1. The predicted molar refractivity (Wildman–Crippen MR) is 120 cm³/mol. The summed E-state index contributed by atoms with van der Waals surface area (Å²) in [5, 5.41) is 3.95. The number of nitrogens with zero attached hydrogens (tertiary/aromatic N) is 2. The van der Waals surface area contributed by atoms with Crippen molar-refractivity contribution in [2.75, 3.05) is 24.6 Å². The summed E-state index contributed by atoms with van der Waals surface area (Å²) in [6.45, 7) is 3.47. The van der Waals surface area contributed by atoms with Crippen molar-refractivity contribution in [1.29, 1.82) is 0 Å². The monoisotopic (exact) mass is 427 g/mol. The first-order valence-corrected chi connectivity index (χ1v) is 12.3. The number of anilines is 1. The molecule has 1 aliphatic heterocycles. The van der Waals surface area contributed by atoms with Gasteiger partial charge in [-0.15, -0.1) is 0 Å². The van der Waals surface area contributed by atoms with Crippen LogP contribution in [-0.4, -0.2) is 44.2 Å². The van der Waals surface area contributed by atoms with Crippen molar-refractivity contribution in [1.82, 2.24) is 10.0 Å². The molecule has 1 aliphatic carbocycles. The summed E-state index contributed by atoms with van der Waals surface area (Å²) in [5.74, 6) is 0.746. The van der Waals surface area contributed by atoms with Gasteiger partial charge >= 0.3 is 0 Å². The first-order chi connectivity index (χ1) is 14.2. The fourth-order valence-electron chi connectivity index (χ4n) is 4.74. The summed E-state index contributed by atoms with van der Waals surface area (Å²) in [7, 11) is -1.32. The van der Waals surface area contributed by atoms with E-state index in [0.29, 0.717) is 18.2 Å². The summed E-state index contributed by atoms with van der Waals surface area (Å²) in [4.78, 5) is 13.1. The van der Waals surface area contributed by atoms with Crippen LogP contribution in [0.1, 0.15) is 47.2 Å². The third-order valence-electron chi connectivity index (χ3n) is 6.09. The zero-order chi connectivity index (χ0) is 21.5. The van der Waals surface area contributed by atoms with E-state index in [2.05, 4.69) is 15.8 Å². The standard InChI is InChI=1S/C23H29N3O3S/c1-16-11-19(18-9-6-10-21(13-18)24-30(3,28)29)12-20-15-26(23(27)22(16)20)25(2)14-17-7-4-5-8-17/h6,9-13,17,24H,4-5,7-8,14-15H2,1-3H3. The van der Waals surface area contributed by atoms with Crippen LogP contribution < -0.4 is 4.72 Å². The summed E-state index contributed by atoms with van der Waals surface area (Å²) in [6, 6.07) is 11.4. The number of rotatable bonds is 6. The predicted octanol–water partition coefficient (Wildman–Crippen LogP) is 4.03. The van der Waals surface area contributed by atoms with Crippen LogP contribution in [0.5, 0.6) is 0 Å². The molecule has 30 heavy (non-hydrogen) atoms. The molecule has 0 spiro atoms. The van der Waals surface area contributed by atoms with Gasteiger partial charge in [-0.1, -0.05) is 31.0 Å². The van der Waals surface area contributed by atoms with Gasteiger partial charge in [0.1, 0.15) is 0 Å². The Hall–Kier alpha value is -2.38. The quantitative estimate of drug-likeness (QED) is 0.756. The molecule has 0 aromatic heterocycles. The van der Waals surface area contributed by atoms with Gasteiger partial charge in [-0.3, -0.25) is 14.5 Å². The molecular weight excluding hydrogens is 398 g/mol. The second-order valence-electron chi connectivity index (χ2n) is 8.64. The molecule has 0 atom stereocenters. The van der Waals surface area contributed by atoms with Crippen molar-refractivity contribution in [3.63, 3.8) is 0 Å². The molecule has 1 amide bonds. The first-order valence-electron chi connectivity index (χ1n) is 10.5. The summed E-state index contributed by atoms with van der Waals surface area (Å²) in [6.07, 6.45) is 6.23. The fourth-order valence-corrected chi connectivity index (χ4v) is 5.29. The fraction of sp³-hybridized carbons (Fsp3) is 0.435. The molecule has 0 unspecified atom stereocenters. The number of hydrogen-bond acceptors (Lipinski definition) is 4. The first kappa shape index (κ1) is 20.9. The minimum atomic E-state index is -3.33. The van der Waals surface area contributed by atoms with Crippen LogP contribution >= 0.6 is 0 Å². The van der Waals surface area contributed by atoms with Crippen LogP contribution in [0.2, 0.25) is 0 Å². The lowest BCUT2D eigenvalue weighted by Gasteiger charge is -2.30. The number of hydrazine groups is 1. The SMILES string of the molecule is Cc1cc(-c2cccc(NS(C)(=O)=O)c2)cc2c1C(=O)N(N(C)CC1CCCC1)C2. The Morgan fingerprint density at radius 2 is 1.87 bits per heavy atom. The number of fused-ring (bicyclic) bond motifs is 1. The van der Waals surface area contributed by atoms with Crippen LogP contribution in [0.25, 0.3) is 11.1 Å². The number of carbonyl (C=O) groups is 1. The molecule has 2 aromatic carbocycles. The number of benzene rings is 2. The molecule has 0 bridgehead atoms. The van der Waals surface area contributed by atoms with Crippen LogP contribution in [0.15, 0.2) is 36.4 Å². The summed E-state index contributed by atoms with van der Waals surface area (Å²) >= 11 is 0. The van der Waals surface area contributed by atoms with Crippen molar-refractivity contribution in [3.05, 3.63) is 53.1 Å². The van der Waals surface area contributed by atoms with Gasteiger partial charge in [-0.2, -0.15) is 0 Å². The van der Waals surface area contributed by atoms with Gasteiger partial charge in [-0.05, 0) is 66.1 Å². The molecule has 7 heteroatoms. The van der Waals surface area contributed by atoms with Gasteiger partial charge in [0.2, 0.25) is 10.0 Å². The Kier molecular flexibility index (Phi) is 5.59. The molecule has 6 nitrogen and oxygen atoms in total. The molecule has 1 N–H and O–H groups in total. The number of hydrogen-bond donors (Lipinski definition) is 1. The lowest BCUT2D eigenvalue weighted by atomic mass is 9.96. The Morgan fingerprint density at radius 1 is 1.13 bits per heavy atom. The van der Waals surface area contributed by atoms with E-state index >= 15 is 0 Å². The van der Waals surface area contributed by atoms with Gasteiger partial charge in [0.15, 0.2) is 0 Å². The molecular formula is C23H29N3O3S. The largest absolute Gasteiger partial charge is 0.284 e. The van der Waals surface area contributed by atoms with Crippen molar-refractivity contribution < 1.29 is 13.2 Å². The van der Waals surface area contributed by atoms with E-state index in [1.54, 1.807) is 6.07 Å². The van der Waals surface area contributed by atoms with E-state index in [9.17, 15) is 13.2 Å². The van der Waals surface area contributed by atoms with E-state index < -0.39 is 10.0 Å². The second kappa shape index (κ2) is 8.04. The average molecular weight is 428 g/mol. The third kappa shape index (κ3) is 4.37. The topological polar surface area (TPSA) is 69.7 Å². The molecule has 0 saturated heterocycles. The van der Waals surface area contributed by atoms with E-state index in [-0.39, 0.29) is 5.91 Å². The molecule has 2 aliphatic rings. The van der Waals surface area contributed by atoms with Crippen LogP contribution in [0.4, 0.5) is 5.69 Å². The third-order valence-corrected chi connectivity index (χ3v) is 6.70. The van der Waals surface area contributed by atoms with E-state index in [1.807, 2.05) is 43.2 Å². The highest BCUT2D eigenvalue weighted by molar-refractivity contribution is 7.92. The highest BCUT2D eigenvalue weighted by atomic mass is 32.2. The zero-order valence-electron chi connectivity index (χ0n) is 17.8. The molecule has 4 rings (SSSR count). The van der Waals surface area contributed by atoms with Gasteiger partial charge in [0.05, 0.1) is 12.8 Å². The Bertz CT molecular complexity index is 1080. The van der Waals surface area contributed by atoms with Crippen molar-refractivity contribution in [3.8, 4) is 11.1 Å². The molecule has 160 valence electrons. The number of carbonyl (C=O) groups excluding carboxylic acids is 1. The number of nitrogens with one attached hydrogen (secondary N) is 1. The van der Waals surface area contributed by atoms with Crippen molar-refractivity contribution in [2.24, 2.45) is 5.92 Å². The van der Waals surface area contributed by atoms with E-state index in [1.165, 1.54) is 25.7 Å². The van der Waals surface area contributed by atoms with Crippen molar-refractivity contribution in [2.45, 2.75) is 39.2 Å². The Labute approximate surface area is 178 Å². The summed E-state index contributed by atoms with van der Waals surface area (Å²) < 4.78 is 25.6. The minimum absolute atomic E-state index is 0.0713. The Morgan fingerprint density at radius 3 is 2.57 bits per heavy atom. The van der Waals surface area contributed by atoms with Crippen molar-refractivity contribution >= 4 is 21.6 Å². The van der Waals surface area contributed by atoms with Crippen LogP contribution in [-0.2, 0) is 16.6 Å². The van der Waals surface area contributed by atoms with Gasteiger partial charge in [-0.25, -0.2) is 13.4 Å². The van der Waals surface area contributed by atoms with E-state index in [4.69, 9.17) is 0 Å². The average Bonchev–Trinajstić information content (AvgIpc) is 3.28. The summed E-state index contributed by atoms with van der Waals surface area (Å²) in [5.41, 5.74) is 5.20. The lowest BCUT2D eigenvalue weighted by Crippen LogP contribution is -2.42. The number of sulfonamides is 1.